The molecule has 3 heteroatoms. The molecule has 0 amide bonds. The molecule has 1 rings (SSSR count). The number of nitrogens with zero attached hydrogens (tertiary/aromatic N) is 2. The highest BCUT2D eigenvalue weighted by Gasteiger charge is 2.21. The highest BCUT2D eigenvalue weighted by atomic mass is 79.9. The van der Waals surface area contributed by atoms with Gasteiger partial charge in [0.25, 0.3) is 0 Å². The number of aromatic nitrogens is 1. The fourth-order valence-electron chi connectivity index (χ4n) is 1.51. The Morgan fingerprint density at radius 3 is 2.56 bits per heavy atom. The second-order valence-corrected chi connectivity index (χ2v) is 5.72. The quantitative estimate of drug-likeness (QED) is 0.781. The average Bonchev–Trinajstić information content (AvgIpc) is 2.17. The van der Waals surface area contributed by atoms with Crippen LogP contribution in [-0.2, 0) is 0 Å². The molecule has 0 aliphatic carbocycles. The van der Waals surface area contributed by atoms with Crippen molar-refractivity contribution in [3.63, 3.8) is 0 Å². The molecule has 2 nitrogen and oxygen atoms in total. The van der Waals surface area contributed by atoms with Gasteiger partial charge in [-0.3, -0.25) is 0 Å². The fraction of sp³-hybridized carbons (Fsp3) is 0.462. The maximum Gasteiger partial charge on any atom is 0.129 e. The minimum atomic E-state index is 0.0431. The van der Waals surface area contributed by atoms with E-state index in [0.717, 1.165) is 16.8 Å². The van der Waals surface area contributed by atoms with Crippen molar-refractivity contribution >= 4 is 21.7 Å². The van der Waals surface area contributed by atoms with Crippen molar-refractivity contribution in [2.75, 3.05) is 11.4 Å². The van der Waals surface area contributed by atoms with Crippen LogP contribution >= 0.6 is 15.9 Å². The van der Waals surface area contributed by atoms with Crippen LogP contribution in [0.15, 0.2) is 29.4 Å². The third-order valence-corrected chi connectivity index (χ3v) is 3.26. The minimum Gasteiger partial charge on any atom is -0.348 e. The summed E-state index contributed by atoms with van der Waals surface area (Å²) in [6, 6.07) is 2.10. The Hall–Kier alpha value is -0.830. The predicted molar refractivity (Wildman–Crippen MR) is 74.0 cm³/mol. The summed E-state index contributed by atoms with van der Waals surface area (Å²) in [6.07, 6.45) is 3.76. The number of aryl methyl sites for hydroxylation is 1. The van der Waals surface area contributed by atoms with Gasteiger partial charge >= 0.3 is 0 Å². The van der Waals surface area contributed by atoms with Crippen LogP contribution in [0.3, 0.4) is 0 Å². The zero-order valence-corrected chi connectivity index (χ0v) is 12.0. The fourth-order valence-corrected chi connectivity index (χ4v) is 1.73. The lowest BCUT2D eigenvalue weighted by Crippen LogP contribution is -2.42. The first-order valence-electron chi connectivity index (χ1n) is 5.37. The van der Waals surface area contributed by atoms with Crippen LogP contribution in [-0.4, -0.2) is 17.1 Å². The SMILES string of the molecule is C=CCN(c1cc(C)c(Br)cn1)C(C)(C)C. The molecule has 0 aromatic carbocycles. The van der Waals surface area contributed by atoms with Crippen LogP contribution in [0, 0.1) is 6.92 Å². The van der Waals surface area contributed by atoms with E-state index in [1.165, 1.54) is 5.56 Å². The van der Waals surface area contributed by atoms with Crippen LogP contribution < -0.4 is 4.90 Å². The van der Waals surface area contributed by atoms with Gasteiger partial charge in [-0.05, 0) is 55.3 Å². The monoisotopic (exact) mass is 282 g/mol. The molecule has 0 saturated carbocycles. The van der Waals surface area contributed by atoms with E-state index in [9.17, 15) is 0 Å². The molecule has 16 heavy (non-hydrogen) atoms. The topological polar surface area (TPSA) is 16.1 Å². The first kappa shape index (κ1) is 13.2. The van der Waals surface area contributed by atoms with Gasteiger partial charge in [-0.1, -0.05) is 6.08 Å². The van der Waals surface area contributed by atoms with Gasteiger partial charge in [0.05, 0.1) is 0 Å². The van der Waals surface area contributed by atoms with E-state index in [1.807, 2.05) is 12.3 Å². The van der Waals surface area contributed by atoms with Crippen molar-refractivity contribution in [3.8, 4) is 0 Å². The van der Waals surface area contributed by atoms with Crippen molar-refractivity contribution in [1.29, 1.82) is 0 Å². The summed E-state index contributed by atoms with van der Waals surface area (Å²) in [4.78, 5) is 6.69. The van der Waals surface area contributed by atoms with E-state index in [-0.39, 0.29) is 5.54 Å². The van der Waals surface area contributed by atoms with Crippen LogP contribution in [0.4, 0.5) is 5.82 Å². The van der Waals surface area contributed by atoms with Gasteiger partial charge in [-0.25, -0.2) is 4.98 Å². The molecule has 0 saturated heterocycles. The Morgan fingerprint density at radius 1 is 1.50 bits per heavy atom. The Kier molecular flexibility index (Phi) is 4.14. The minimum absolute atomic E-state index is 0.0431. The second kappa shape index (κ2) is 5.00. The average molecular weight is 283 g/mol. The van der Waals surface area contributed by atoms with Gasteiger partial charge in [0.15, 0.2) is 0 Å². The van der Waals surface area contributed by atoms with Gasteiger partial charge in [0, 0.05) is 22.8 Å². The molecule has 1 aromatic heterocycles. The zero-order valence-electron chi connectivity index (χ0n) is 10.4. The summed E-state index contributed by atoms with van der Waals surface area (Å²) in [5.74, 6) is 0.994. The summed E-state index contributed by atoms with van der Waals surface area (Å²) >= 11 is 3.47. The maximum atomic E-state index is 4.46. The lowest BCUT2D eigenvalue weighted by atomic mass is 10.1. The normalized spacial score (nSPS) is 11.3. The van der Waals surface area contributed by atoms with E-state index in [4.69, 9.17) is 0 Å². The summed E-state index contributed by atoms with van der Waals surface area (Å²) in [6.45, 7) is 13.2. The van der Waals surface area contributed by atoms with Crippen LogP contribution in [0.1, 0.15) is 26.3 Å². The van der Waals surface area contributed by atoms with Gasteiger partial charge in [-0.15, -0.1) is 6.58 Å². The van der Waals surface area contributed by atoms with E-state index in [2.05, 4.69) is 66.2 Å². The largest absolute Gasteiger partial charge is 0.348 e. The standard InChI is InChI=1S/C13H19BrN2/c1-6-7-16(13(3,4)5)12-8-10(2)11(14)9-15-12/h6,8-9H,1,7H2,2-5H3. The number of hydrogen-bond donors (Lipinski definition) is 0. The Labute approximate surface area is 107 Å². The summed E-state index contributed by atoms with van der Waals surface area (Å²) in [5, 5.41) is 0. The van der Waals surface area contributed by atoms with E-state index in [0.29, 0.717) is 0 Å². The molecule has 0 aliphatic rings. The third-order valence-electron chi connectivity index (χ3n) is 2.43. The smallest absolute Gasteiger partial charge is 0.129 e. The molecule has 1 heterocycles. The van der Waals surface area contributed by atoms with Gasteiger partial charge < -0.3 is 4.90 Å². The molecular weight excluding hydrogens is 264 g/mol. The molecule has 0 N–H and O–H groups in total. The summed E-state index contributed by atoms with van der Waals surface area (Å²) < 4.78 is 1.05. The number of anilines is 1. The molecule has 0 aliphatic heterocycles. The molecular formula is C13H19BrN2. The number of rotatable bonds is 3. The Morgan fingerprint density at radius 2 is 2.12 bits per heavy atom. The van der Waals surface area contributed by atoms with Crippen molar-refractivity contribution in [2.45, 2.75) is 33.2 Å². The van der Waals surface area contributed by atoms with Crippen LogP contribution in [0.25, 0.3) is 0 Å². The molecule has 0 spiro atoms. The van der Waals surface area contributed by atoms with Crippen LogP contribution in [0.5, 0.6) is 0 Å². The van der Waals surface area contributed by atoms with Gasteiger partial charge in [0.2, 0.25) is 0 Å². The Bertz CT molecular complexity index is 380. The van der Waals surface area contributed by atoms with E-state index in [1.54, 1.807) is 0 Å². The van der Waals surface area contributed by atoms with Crippen molar-refractivity contribution in [3.05, 3.63) is 35.0 Å². The second-order valence-electron chi connectivity index (χ2n) is 4.86. The highest BCUT2D eigenvalue weighted by molar-refractivity contribution is 9.10. The molecule has 1 aromatic rings. The molecule has 0 atom stereocenters. The molecule has 88 valence electrons. The zero-order chi connectivity index (χ0) is 12.3. The van der Waals surface area contributed by atoms with Crippen molar-refractivity contribution in [2.24, 2.45) is 0 Å². The number of pyridine rings is 1. The van der Waals surface area contributed by atoms with E-state index >= 15 is 0 Å². The summed E-state index contributed by atoms with van der Waals surface area (Å²) in [7, 11) is 0. The molecule has 0 unspecified atom stereocenters. The first-order valence-corrected chi connectivity index (χ1v) is 6.16. The number of hydrogen-bond acceptors (Lipinski definition) is 2. The highest BCUT2D eigenvalue weighted by Crippen LogP contribution is 2.25. The van der Waals surface area contributed by atoms with Crippen LogP contribution in [0.2, 0.25) is 0 Å². The van der Waals surface area contributed by atoms with E-state index < -0.39 is 0 Å². The van der Waals surface area contributed by atoms with Crippen molar-refractivity contribution < 1.29 is 0 Å². The van der Waals surface area contributed by atoms with Gasteiger partial charge in [-0.2, -0.15) is 0 Å². The van der Waals surface area contributed by atoms with Gasteiger partial charge in [0.1, 0.15) is 5.82 Å². The predicted octanol–water partition coefficient (Wildman–Crippen LogP) is 3.94. The lowest BCUT2D eigenvalue weighted by Gasteiger charge is -2.36. The summed E-state index contributed by atoms with van der Waals surface area (Å²) in [5.41, 5.74) is 1.24. The van der Waals surface area contributed by atoms with Crippen molar-refractivity contribution in [1.82, 2.24) is 4.98 Å². The maximum absolute atomic E-state index is 4.46. The first-order chi connectivity index (χ1) is 7.36. The number of halogens is 1. The third kappa shape index (κ3) is 3.08. The molecule has 0 radical (unpaired) electrons. The lowest BCUT2D eigenvalue weighted by molar-refractivity contribution is 0.517. The molecule has 0 fully saturated rings. The molecule has 0 bridgehead atoms. The Balaban J connectivity index is 3.11.